The lowest BCUT2D eigenvalue weighted by atomic mass is 9.84. The van der Waals surface area contributed by atoms with Gasteiger partial charge in [0.1, 0.15) is 0 Å². The average Bonchev–Trinajstić information content (AvgIpc) is 2.15. The minimum atomic E-state index is -1.02. The molecule has 1 N–H and O–H groups in total. The van der Waals surface area contributed by atoms with Gasteiger partial charge in [-0.25, -0.2) is 4.39 Å². The van der Waals surface area contributed by atoms with Gasteiger partial charge in [0.25, 0.3) is 0 Å². The van der Waals surface area contributed by atoms with Gasteiger partial charge < -0.3 is 5.11 Å². The van der Waals surface area contributed by atoms with Gasteiger partial charge in [0.05, 0.1) is 16.5 Å². The smallest absolute Gasteiger partial charge is 0.165 e. The fourth-order valence-electron chi connectivity index (χ4n) is 1.37. The molecule has 0 unspecified atom stereocenters. The second-order valence-electron chi connectivity index (χ2n) is 3.95. The molecule has 1 aromatic rings. The molecule has 0 fully saturated rings. The fourth-order valence-corrected chi connectivity index (χ4v) is 1.75. The summed E-state index contributed by atoms with van der Waals surface area (Å²) in [6.07, 6.45) is 0. The summed E-state index contributed by atoms with van der Waals surface area (Å²) in [4.78, 5) is 0. The number of rotatable bonds is 1. The van der Waals surface area contributed by atoms with Gasteiger partial charge in [-0.3, -0.25) is 0 Å². The number of nitriles is 1. The molecular weight excluding hydrogens is 217 g/mol. The molecule has 0 radical (unpaired) electrons. The maximum atomic E-state index is 13.3. The Hall–Kier alpha value is -1.27. The molecule has 0 heterocycles. The van der Waals surface area contributed by atoms with Gasteiger partial charge in [-0.15, -0.1) is 0 Å². The molecule has 0 aromatic heterocycles. The van der Waals surface area contributed by atoms with E-state index < -0.39 is 17.0 Å². The van der Waals surface area contributed by atoms with E-state index in [0.29, 0.717) is 5.56 Å². The SMILES string of the molecule is Cc1cc(F)c(O)c(C(C)(C)C#N)c1Cl. The average molecular weight is 228 g/mol. The van der Waals surface area contributed by atoms with Crippen LogP contribution in [0.25, 0.3) is 0 Å². The predicted molar refractivity (Wildman–Crippen MR) is 56.5 cm³/mol. The molecule has 0 atom stereocenters. The van der Waals surface area contributed by atoms with Crippen LogP contribution in [0.4, 0.5) is 4.39 Å². The van der Waals surface area contributed by atoms with Crippen molar-refractivity contribution in [3.05, 3.63) is 28.0 Å². The van der Waals surface area contributed by atoms with Crippen molar-refractivity contribution in [3.8, 4) is 11.8 Å². The number of benzene rings is 1. The monoisotopic (exact) mass is 227 g/mol. The molecule has 1 rings (SSSR count). The van der Waals surface area contributed by atoms with E-state index >= 15 is 0 Å². The van der Waals surface area contributed by atoms with Gasteiger partial charge in [-0.2, -0.15) is 5.26 Å². The molecule has 0 aliphatic heterocycles. The molecule has 80 valence electrons. The Bertz CT molecular complexity index is 423. The maximum Gasteiger partial charge on any atom is 0.165 e. The van der Waals surface area contributed by atoms with E-state index in [-0.39, 0.29) is 10.6 Å². The Morgan fingerprint density at radius 3 is 2.53 bits per heavy atom. The van der Waals surface area contributed by atoms with Crippen molar-refractivity contribution in [1.29, 1.82) is 5.26 Å². The van der Waals surface area contributed by atoms with Crippen molar-refractivity contribution in [2.75, 3.05) is 0 Å². The van der Waals surface area contributed by atoms with Crippen LogP contribution in [0.15, 0.2) is 6.07 Å². The second kappa shape index (κ2) is 3.71. The molecule has 0 aliphatic rings. The van der Waals surface area contributed by atoms with Gasteiger partial charge >= 0.3 is 0 Å². The van der Waals surface area contributed by atoms with Crippen LogP contribution in [0, 0.1) is 24.1 Å². The van der Waals surface area contributed by atoms with Crippen molar-refractivity contribution < 1.29 is 9.50 Å². The summed E-state index contributed by atoms with van der Waals surface area (Å²) >= 11 is 5.96. The van der Waals surface area contributed by atoms with Crippen LogP contribution in [0.2, 0.25) is 5.02 Å². The van der Waals surface area contributed by atoms with E-state index in [1.54, 1.807) is 20.8 Å². The van der Waals surface area contributed by atoms with Gasteiger partial charge in [-0.1, -0.05) is 11.6 Å². The zero-order valence-electron chi connectivity index (χ0n) is 8.73. The highest BCUT2D eigenvalue weighted by Crippen LogP contribution is 2.39. The lowest BCUT2D eigenvalue weighted by Crippen LogP contribution is -2.16. The van der Waals surface area contributed by atoms with Crippen LogP contribution in [0.3, 0.4) is 0 Å². The van der Waals surface area contributed by atoms with Crippen LogP contribution >= 0.6 is 11.6 Å². The number of aromatic hydroxyl groups is 1. The number of halogens is 2. The number of phenols is 1. The first-order valence-corrected chi connectivity index (χ1v) is 4.78. The van der Waals surface area contributed by atoms with E-state index in [9.17, 15) is 9.50 Å². The van der Waals surface area contributed by atoms with Gasteiger partial charge in [0, 0.05) is 5.56 Å². The summed E-state index contributed by atoms with van der Waals surface area (Å²) in [5, 5.41) is 18.7. The summed E-state index contributed by atoms with van der Waals surface area (Å²) in [5.74, 6) is -1.30. The predicted octanol–water partition coefficient (Wildman–Crippen LogP) is 3.29. The van der Waals surface area contributed by atoms with Crippen LogP contribution in [0.1, 0.15) is 25.0 Å². The molecule has 4 heteroatoms. The number of hydrogen-bond donors (Lipinski definition) is 1. The first-order chi connectivity index (χ1) is 6.81. The summed E-state index contributed by atoms with van der Waals surface area (Å²) in [5.41, 5.74) is -0.372. The van der Waals surface area contributed by atoms with E-state index in [1.165, 1.54) is 0 Å². The zero-order chi connectivity index (χ0) is 11.8. The molecular formula is C11H11ClFNO. The molecule has 0 saturated carbocycles. The van der Waals surface area contributed by atoms with E-state index in [0.717, 1.165) is 6.07 Å². The summed E-state index contributed by atoms with van der Waals surface area (Å²) < 4.78 is 13.3. The standard InChI is InChI=1S/C11H11ClFNO/c1-6-4-7(13)10(15)8(9(6)12)11(2,3)5-14/h4,15H,1-3H3. The number of aryl methyl sites for hydroxylation is 1. The van der Waals surface area contributed by atoms with Gasteiger partial charge in [-0.05, 0) is 32.4 Å². The Labute approximate surface area is 92.9 Å². The molecule has 0 spiro atoms. The quantitative estimate of drug-likeness (QED) is 0.800. The lowest BCUT2D eigenvalue weighted by molar-refractivity contribution is 0.416. The number of hydrogen-bond acceptors (Lipinski definition) is 2. The largest absolute Gasteiger partial charge is 0.505 e. The maximum absolute atomic E-state index is 13.3. The fraction of sp³-hybridized carbons (Fsp3) is 0.364. The number of phenolic OH excluding ortho intramolecular Hbond substituents is 1. The summed E-state index contributed by atoms with van der Waals surface area (Å²) in [6.45, 7) is 4.78. The van der Waals surface area contributed by atoms with Crippen LogP contribution in [0.5, 0.6) is 5.75 Å². The molecule has 0 amide bonds. The Kier molecular flexibility index (Phi) is 2.92. The Morgan fingerprint density at radius 2 is 2.07 bits per heavy atom. The topological polar surface area (TPSA) is 44.0 Å². The van der Waals surface area contributed by atoms with Crippen molar-refractivity contribution in [3.63, 3.8) is 0 Å². The van der Waals surface area contributed by atoms with Crippen LogP contribution < -0.4 is 0 Å². The van der Waals surface area contributed by atoms with Crippen LogP contribution in [-0.4, -0.2) is 5.11 Å². The minimum Gasteiger partial charge on any atom is -0.505 e. The van der Waals surface area contributed by atoms with Crippen LogP contribution in [-0.2, 0) is 5.41 Å². The van der Waals surface area contributed by atoms with Gasteiger partial charge in [0.2, 0.25) is 0 Å². The van der Waals surface area contributed by atoms with Crippen molar-refractivity contribution in [2.24, 2.45) is 0 Å². The molecule has 0 bridgehead atoms. The van der Waals surface area contributed by atoms with Crippen molar-refractivity contribution >= 4 is 11.6 Å². The van der Waals surface area contributed by atoms with Crippen molar-refractivity contribution in [2.45, 2.75) is 26.2 Å². The molecule has 0 aliphatic carbocycles. The first kappa shape index (κ1) is 11.8. The second-order valence-corrected chi connectivity index (χ2v) is 4.33. The Morgan fingerprint density at radius 1 is 1.53 bits per heavy atom. The van der Waals surface area contributed by atoms with Crippen molar-refractivity contribution in [1.82, 2.24) is 0 Å². The molecule has 15 heavy (non-hydrogen) atoms. The van der Waals surface area contributed by atoms with E-state index in [1.807, 2.05) is 6.07 Å². The van der Waals surface area contributed by atoms with Gasteiger partial charge in [0.15, 0.2) is 11.6 Å². The lowest BCUT2D eigenvalue weighted by Gasteiger charge is -2.20. The molecule has 1 aromatic carbocycles. The third-order valence-corrected chi connectivity index (χ3v) is 2.76. The number of nitrogens with zero attached hydrogens (tertiary/aromatic N) is 1. The normalized spacial score (nSPS) is 11.2. The summed E-state index contributed by atoms with van der Waals surface area (Å²) in [7, 11) is 0. The van der Waals surface area contributed by atoms with E-state index in [4.69, 9.17) is 16.9 Å². The third-order valence-electron chi connectivity index (χ3n) is 2.28. The zero-order valence-corrected chi connectivity index (χ0v) is 9.48. The van der Waals surface area contributed by atoms with E-state index in [2.05, 4.69) is 0 Å². The summed E-state index contributed by atoms with van der Waals surface area (Å²) in [6, 6.07) is 3.13. The minimum absolute atomic E-state index is 0.143. The first-order valence-electron chi connectivity index (χ1n) is 4.40. The molecule has 2 nitrogen and oxygen atoms in total. The highest BCUT2D eigenvalue weighted by atomic mass is 35.5. The Balaban J connectivity index is 3.62. The third kappa shape index (κ3) is 1.91. The highest BCUT2D eigenvalue weighted by molar-refractivity contribution is 6.32. The highest BCUT2D eigenvalue weighted by Gasteiger charge is 2.29. The molecule has 0 saturated heterocycles.